The summed E-state index contributed by atoms with van der Waals surface area (Å²) in [7, 11) is 1.56. The Morgan fingerprint density at radius 3 is 2.58 bits per heavy atom. The van der Waals surface area contributed by atoms with Crippen molar-refractivity contribution in [3.8, 4) is 5.75 Å². The minimum Gasteiger partial charge on any atom is -0.495 e. The predicted molar refractivity (Wildman–Crippen MR) is 48.0 cm³/mol. The fourth-order valence-electron chi connectivity index (χ4n) is 1.01. The Bertz CT molecular complexity index is 271. The molecular weight excluding hydrogens is 154 g/mol. The summed E-state index contributed by atoms with van der Waals surface area (Å²) < 4.78 is 4.97. The number of aliphatic hydroxyl groups excluding tert-OH is 1. The van der Waals surface area contributed by atoms with E-state index in [0.29, 0.717) is 11.4 Å². The van der Waals surface area contributed by atoms with Crippen LogP contribution in [0, 0.1) is 0 Å². The van der Waals surface area contributed by atoms with E-state index in [1.807, 2.05) is 0 Å². The summed E-state index contributed by atoms with van der Waals surface area (Å²) in [5.41, 5.74) is 6.98. The fraction of sp³-hybridized carbons (Fsp3) is 0.333. The van der Waals surface area contributed by atoms with Crippen molar-refractivity contribution in [1.82, 2.24) is 0 Å². The minimum absolute atomic E-state index is 0.488. The van der Waals surface area contributed by atoms with Crippen molar-refractivity contribution >= 4 is 5.69 Å². The number of hydrogen-bond acceptors (Lipinski definition) is 3. The molecule has 12 heavy (non-hydrogen) atoms. The summed E-state index contributed by atoms with van der Waals surface area (Å²) in [6, 6.07) is 5.25. The van der Waals surface area contributed by atoms with Crippen LogP contribution < -0.4 is 10.5 Å². The number of methoxy groups -OCH3 is 1. The summed E-state index contributed by atoms with van der Waals surface area (Å²) in [6.45, 7) is 1.70. The minimum atomic E-state index is -0.488. The quantitative estimate of drug-likeness (QED) is 0.653. The molecule has 0 unspecified atom stereocenters. The summed E-state index contributed by atoms with van der Waals surface area (Å²) in [6.07, 6.45) is -0.488. The summed E-state index contributed by atoms with van der Waals surface area (Å²) in [5, 5.41) is 9.22. The first-order valence-electron chi connectivity index (χ1n) is 3.76. The first-order chi connectivity index (χ1) is 5.65. The first-order valence-corrected chi connectivity index (χ1v) is 3.76. The number of hydrogen-bond donors (Lipinski definition) is 2. The van der Waals surface area contributed by atoms with E-state index in [9.17, 15) is 5.11 Å². The van der Waals surface area contributed by atoms with Gasteiger partial charge < -0.3 is 15.6 Å². The molecule has 0 saturated heterocycles. The number of nitrogens with two attached hydrogens (primary N) is 1. The molecule has 3 nitrogen and oxygen atoms in total. The molecule has 0 aliphatic rings. The largest absolute Gasteiger partial charge is 0.495 e. The Morgan fingerprint density at radius 1 is 1.50 bits per heavy atom. The lowest BCUT2D eigenvalue weighted by Gasteiger charge is -2.08. The summed E-state index contributed by atoms with van der Waals surface area (Å²) >= 11 is 0. The van der Waals surface area contributed by atoms with Crippen molar-refractivity contribution in [3.63, 3.8) is 0 Å². The number of nitrogen functional groups attached to an aromatic ring is 1. The lowest BCUT2D eigenvalue weighted by Crippen LogP contribution is -1.96. The monoisotopic (exact) mass is 167 g/mol. The zero-order valence-corrected chi connectivity index (χ0v) is 7.24. The van der Waals surface area contributed by atoms with E-state index >= 15 is 0 Å². The van der Waals surface area contributed by atoms with Gasteiger partial charge in [0.2, 0.25) is 0 Å². The molecule has 0 radical (unpaired) electrons. The van der Waals surface area contributed by atoms with Crippen LogP contribution in [0.1, 0.15) is 18.6 Å². The molecule has 0 aliphatic heterocycles. The highest BCUT2D eigenvalue weighted by molar-refractivity contribution is 5.54. The van der Waals surface area contributed by atoms with Gasteiger partial charge in [-0.15, -0.1) is 0 Å². The molecule has 3 heteroatoms. The van der Waals surface area contributed by atoms with Crippen molar-refractivity contribution in [2.75, 3.05) is 12.8 Å². The van der Waals surface area contributed by atoms with E-state index in [4.69, 9.17) is 10.5 Å². The predicted octanol–water partition coefficient (Wildman–Crippen LogP) is 1.33. The summed E-state index contributed by atoms with van der Waals surface area (Å²) in [4.78, 5) is 0. The van der Waals surface area contributed by atoms with Gasteiger partial charge in [-0.25, -0.2) is 0 Å². The molecule has 0 fully saturated rings. The van der Waals surface area contributed by atoms with Crippen molar-refractivity contribution < 1.29 is 9.84 Å². The van der Waals surface area contributed by atoms with Crippen molar-refractivity contribution in [1.29, 1.82) is 0 Å². The molecule has 0 heterocycles. The highest BCUT2D eigenvalue weighted by Gasteiger charge is 2.03. The maximum Gasteiger partial charge on any atom is 0.141 e. The number of anilines is 1. The third-order valence-corrected chi connectivity index (χ3v) is 1.74. The summed E-state index contributed by atoms with van der Waals surface area (Å²) in [5.74, 6) is 0.638. The van der Waals surface area contributed by atoms with Gasteiger partial charge in [-0.2, -0.15) is 0 Å². The average molecular weight is 167 g/mol. The van der Waals surface area contributed by atoms with Crippen LogP contribution in [0.5, 0.6) is 5.75 Å². The van der Waals surface area contributed by atoms with Crippen molar-refractivity contribution in [3.05, 3.63) is 23.8 Å². The topological polar surface area (TPSA) is 55.5 Å². The van der Waals surface area contributed by atoms with Crippen molar-refractivity contribution in [2.45, 2.75) is 13.0 Å². The molecule has 1 aromatic rings. The molecule has 0 spiro atoms. The first kappa shape index (κ1) is 8.87. The average Bonchev–Trinajstić information content (AvgIpc) is 2.04. The van der Waals surface area contributed by atoms with Gasteiger partial charge in [0.05, 0.1) is 18.9 Å². The lowest BCUT2D eigenvalue weighted by atomic mass is 10.1. The third-order valence-electron chi connectivity index (χ3n) is 1.74. The van der Waals surface area contributed by atoms with Gasteiger partial charge in [-0.1, -0.05) is 6.07 Å². The highest BCUT2D eigenvalue weighted by Crippen LogP contribution is 2.24. The second kappa shape index (κ2) is 3.45. The third kappa shape index (κ3) is 1.68. The number of ether oxygens (including phenoxy) is 1. The van der Waals surface area contributed by atoms with E-state index < -0.39 is 6.10 Å². The van der Waals surface area contributed by atoms with Gasteiger partial charge in [0.25, 0.3) is 0 Å². The van der Waals surface area contributed by atoms with E-state index in [1.54, 1.807) is 32.2 Å². The van der Waals surface area contributed by atoms with Crippen LogP contribution in [-0.4, -0.2) is 12.2 Å². The Morgan fingerprint density at radius 2 is 2.17 bits per heavy atom. The molecule has 0 saturated carbocycles. The van der Waals surface area contributed by atoms with Crippen LogP contribution in [0.3, 0.4) is 0 Å². The normalized spacial score (nSPS) is 12.6. The smallest absolute Gasteiger partial charge is 0.141 e. The highest BCUT2D eigenvalue weighted by atomic mass is 16.5. The fourth-order valence-corrected chi connectivity index (χ4v) is 1.01. The Hall–Kier alpha value is -1.22. The number of aliphatic hydroxyl groups is 1. The molecule has 3 N–H and O–H groups in total. The van der Waals surface area contributed by atoms with Gasteiger partial charge in [-0.05, 0) is 24.6 Å². The Labute approximate surface area is 71.8 Å². The lowest BCUT2D eigenvalue weighted by molar-refractivity contribution is 0.199. The Kier molecular flexibility index (Phi) is 2.55. The molecule has 1 atom stereocenters. The van der Waals surface area contributed by atoms with Crippen LogP contribution in [-0.2, 0) is 0 Å². The van der Waals surface area contributed by atoms with E-state index in [1.165, 1.54) is 0 Å². The van der Waals surface area contributed by atoms with Gasteiger partial charge in [0.1, 0.15) is 5.75 Å². The number of rotatable bonds is 2. The van der Waals surface area contributed by atoms with Crippen LogP contribution >= 0.6 is 0 Å². The van der Waals surface area contributed by atoms with Gasteiger partial charge in [0, 0.05) is 0 Å². The van der Waals surface area contributed by atoms with Gasteiger partial charge in [0.15, 0.2) is 0 Å². The van der Waals surface area contributed by atoms with Crippen LogP contribution in [0.25, 0.3) is 0 Å². The molecule has 1 rings (SSSR count). The SMILES string of the molecule is COc1ccc([C@H](C)O)cc1N. The maximum atomic E-state index is 9.22. The maximum absolute atomic E-state index is 9.22. The molecular formula is C9H13NO2. The molecule has 0 amide bonds. The molecule has 0 bridgehead atoms. The van der Waals surface area contributed by atoms with E-state index in [0.717, 1.165) is 5.56 Å². The van der Waals surface area contributed by atoms with Gasteiger partial charge in [-0.3, -0.25) is 0 Å². The second-order valence-corrected chi connectivity index (χ2v) is 2.68. The molecule has 66 valence electrons. The zero-order valence-electron chi connectivity index (χ0n) is 7.24. The van der Waals surface area contributed by atoms with Crippen LogP contribution in [0.4, 0.5) is 5.69 Å². The molecule has 0 aliphatic carbocycles. The zero-order chi connectivity index (χ0) is 9.14. The molecule has 0 aromatic heterocycles. The standard InChI is InChI=1S/C9H13NO2/c1-6(11)7-3-4-9(12-2)8(10)5-7/h3-6,11H,10H2,1-2H3/t6-/m0/s1. The Balaban J connectivity index is 3.02. The van der Waals surface area contributed by atoms with Gasteiger partial charge >= 0.3 is 0 Å². The van der Waals surface area contributed by atoms with E-state index in [-0.39, 0.29) is 0 Å². The molecule has 1 aromatic carbocycles. The number of benzene rings is 1. The van der Waals surface area contributed by atoms with Crippen molar-refractivity contribution in [2.24, 2.45) is 0 Å². The van der Waals surface area contributed by atoms with Crippen LogP contribution in [0.15, 0.2) is 18.2 Å². The van der Waals surface area contributed by atoms with E-state index in [2.05, 4.69) is 0 Å². The van der Waals surface area contributed by atoms with Crippen LogP contribution in [0.2, 0.25) is 0 Å². The second-order valence-electron chi connectivity index (χ2n) is 2.68.